The monoisotopic (exact) mass is 389 g/mol. The minimum atomic E-state index is -1.05. The predicted octanol–water partition coefficient (Wildman–Crippen LogP) is 2.20. The SMILES string of the molecule is CN1CCN(CCCS(=O)c2nn3cc(-c4ccccc4)nc3s2)CC1. The van der Waals surface area contributed by atoms with Crippen molar-refractivity contribution >= 4 is 27.1 Å². The Kier molecular flexibility index (Phi) is 5.44. The molecule has 0 radical (unpaired) electrons. The highest BCUT2D eigenvalue weighted by atomic mass is 32.2. The maximum absolute atomic E-state index is 12.6. The molecule has 8 heteroatoms. The van der Waals surface area contributed by atoms with Crippen LogP contribution in [0.15, 0.2) is 40.9 Å². The number of rotatable bonds is 6. The number of benzene rings is 1. The summed E-state index contributed by atoms with van der Waals surface area (Å²) in [6.07, 6.45) is 2.85. The van der Waals surface area contributed by atoms with Crippen LogP contribution in [0.5, 0.6) is 0 Å². The molecule has 1 aliphatic rings. The fourth-order valence-electron chi connectivity index (χ4n) is 3.10. The summed E-state index contributed by atoms with van der Waals surface area (Å²) in [5, 5.41) is 4.49. The standard InChI is InChI=1S/C18H23N5OS2/c1-21-9-11-22(12-10-21)8-5-13-26(24)18-20-23-14-16(19-17(23)25-18)15-6-3-2-4-7-15/h2-4,6-7,14H,5,8-13H2,1H3. The van der Waals surface area contributed by atoms with Crippen molar-refractivity contribution in [2.45, 2.75) is 10.8 Å². The highest BCUT2D eigenvalue weighted by molar-refractivity contribution is 7.87. The van der Waals surface area contributed by atoms with Crippen molar-refractivity contribution in [2.24, 2.45) is 0 Å². The first-order chi connectivity index (χ1) is 12.7. The van der Waals surface area contributed by atoms with Crippen LogP contribution < -0.4 is 0 Å². The molecule has 1 aliphatic heterocycles. The van der Waals surface area contributed by atoms with Gasteiger partial charge in [0.1, 0.15) is 0 Å². The summed E-state index contributed by atoms with van der Waals surface area (Å²) >= 11 is 1.43. The normalized spacial score (nSPS) is 17.7. The first kappa shape index (κ1) is 17.8. The number of fused-ring (bicyclic) bond motifs is 1. The molecular formula is C18H23N5OS2. The van der Waals surface area contributed by atoms with Gasteiger partial charge in [0.25, 0.3) is 0 Å². The zero-order chi connectivity index (χ0) is 17.9. The number of aromatic nitrogens is 3. The predicted molar refractivity (Wildman–Crippen MR) is 106 cm³/mol. The molecular weight excluding hydrogens is 366 g/mol. The van der Waals surface area contributed by atoms with Crippen LogP contribution in [0.3, 0.4) is 0 Å². The van der Waals surface area contributed by atoms with Crippen LogP contribution in [0.25, 0.3) is 16.2 Å². The van der Waals surface area contributed by atoms with E-state index < -0.39 is 10.8 Å². The lowest BCUT2D eigenvalue weighted by atomic mass is 10.2. The van der Waals surface area contributed by atoms with Gasteiger partial charge in [-0.2, -0.15) is 0 Å². The molecule has 1 atom stereocenters. The average Bonchev–Trinajstić information content (AvgIpc) is 3.23. The summed E-state index contributed by atoms with van der Waals surface area (Å²) in [6, 6.07) is 10.0. The smallest absolute Gasteiger partial charge is 0.213 e. The second-order valence-electron chi connectivity index (χ2n) is 6.64. The number of hydrogen-bond acceptors (Lipinski definition) is 6. The fraction of sp³-hybridized carbons (Fsp3) is 0.444. The Bertz CT molecular complexity index is 852. The van der Waals surface area contributed by atoms with Crippen LogP contribution in [0, 0.1) is 0 Å². The van der Waals surface area contributed by atoms with E-state index in [4.69, 9.17) is 0 Å². The third-order valence-electron chi connectivity index (χ3n) is 4.69. The lowest BCUT2D eigenvalue weighted by molar-refractivity contribution is 0.154. The molecule has 0 bridgehead atoms. The van der Waals surface area contributed by atoms with Crippen LogP contribution >= 0.6 is 11.3 Å². The van der Waals surface area contributed by atoms with E-state index >= 15 is 0 Å². The topological polar surface area (TPSA) is 53.7 Å². The Morgan fingerprint density at radius 2 is 1.92 bits per heavy atom. The van der Waals surface area contributed by atoms with Crippen molar-refractivity contribution in [3.63, 3.8) is 0 Å². The lowest BCUT2D eigenvalue weighted by Gasteiger charge is -2.32. The summed E-state index contributed by atoms with van der Waals surface area (Å²) in [5.74, 6) is 0.661. The van der Waals surface area contributed by atoms with Crippen molar-refractivity contribution in [2.75, 3.05) is 45.5 Å². The zero-order valence-corrected chi connectivity index (χ0v) is 16.5. The van der Waals surface area contributed by atoms with E-state index in [2.05, 4.69) is 26.9 Å². The van der Waals surface area contributed by atoms with Gasteiger partial charge in [0.2, 0.25) is 9.30 Å². The van der Waals surface area contributed by atoms with Crippen LogP contribution in [-0.4, -0.2) is 74.1 Å². The van der Waals surface area contributed by atoms with Crippen molar-refractivity contribution in [3.8, 4) is 11.3 Å². The van der Waals surface area contributed by atoms with Crippen molar-refractivity contribution in [3.05, 3.63) is 36.5 Å². The minimum Gasteiger partial charge on any atom is -0.304 e. The van der Waals surface area contributed by atoms with Crippen molar-refractivity contribution in [1.29, 1.82) is 0 Å². The molecule has 0 saturated carbocycles. The van der Waals surface area contributed by atoms with Gasteiger partial charge < -0.3 is 9.80 Å². The molecule has 6 nitrogen and oxygen atoms in total. The van der Waals surface area contributed by atoms with Gasteiger partial charge in [-0.1, -0.05) is 41.7 Å². The molecule has 26 heavy (non-hydrogen) atoms. The van der Waals surface area contributed by atoms with Crippen LogP contribution in [0.1, 0.15) is 6.42 Å². The highest BCUT2D eigenvalue weighted by Crippen LogP contribution is 2.23. The molecule has 1 unspecified atom stereocenters. The molecule has 138 valence electrons. The Balaban J connectivity index is 1.34. The van der Waals surface area contributed by atoms with Gasteiger partial charge >= 0.3 is 0 Å². The molecule has 0 aliphatic carbocycles. The van der Waals surface area contributed by atoms with Gasteiger partial charge in [0.15, 0.2) is 0 Å². The molecule has 1 fully saturated rings. The van der Waals surface area contributed by atoms with E-state index in [1.165, 1.54) is 11.3 Å². The average molecular weight is 390 g/mol. The van der Waals surface area contributed by atoms with E-state index in [9.17, 15) is 4.21 Å². The van der Waals surface area contributed by atoms with Crippen molar-refractivity contribution in [1.82, 2.24) is 24.4 Å². The minimum absolute atomic E-state index is 0.661. The van der Waals surface area contributed by atoms with Gasteiger partial charge in [-0.3, -0.25) is 4.21 Å². The molecule has 0 amide bonds. The quantitative estimate of drug-likeness (QED) is 0.647. The van der Waals surface area contributed by atoms with Gasteiger partial charge in [-0.15, -0.1) is 5.10 Å². The number of nitrogens with zero attached hydrogens (tertiary/aromatic N) is 5. The number of piperazine rings is 1. The Morgan fingerprint density at radius 1 is 1.15 bits per heavy atom. The first-order valence-electron chi connectivity index (χ1n) is 8.90. The summed E-state index contributed by atoms with van der Waals surface area (Å²) in [6.45, 7) is 5.47. The summed E-state index contributed by atoms with van der Waals surface area (Å²) in [4.78, 5) is 10.2. The second kappa shape index (κ2) is 7.96. The third-order valence-corrected chi connectivity index (χ3v) is 7.34. The Hall–Kier alpha value is -1.61. The molecule has 3 aromatic rings. The van der Waals surface area contributed by atoms with Crippen LogP contribution in [0.2, 0.25) is 0 Å². The van der Waals surface area contributed by atoms with E-state index in [1.54, 1.807) is 4.52 Å². The van der Waals surface area contributed by atoms with Gasteiger partial charge in [0, 0.05) is 37.5 Å². The van der Waals surface area contributed by atoms with E-state index in [0.29, 0.717) is 10.1 Å². The maximum atomic E-state index is 12.6. The molecule has 1 aromatic carbocycles. The number of likely N-dealkylation sites (N-methyl/N-ethyl adjacent to an activating group) is 1. The molecule has 3 heterocycles. The van der Waals surface area contributed by atoms with Crippen LogP contribution in [-0.2, 0) is 10.8 Å². The molecule has 0 spiro atoms. The number of imidazole rings is 1. The second-order valence-corrected chi connectivity index (χ2v) is 9.34. The number of hydrogen-bond donors (Lipinski definition) is 0. The van der Waals surface area contributed by atoms with E-state index in [1.807, 2.05) is 36.5 Å². The fourth-order valence-corrected chi connectivity index (χ4v) is 5.31. The third kappa shape index (κ3) is 4.03. The molecule has 2 aromatic heterocycles. The lowest BCUT2D eigenvalue weighted by Crippen LogP contribution is -2.44. The highest BCUT2D eigenvalue weighted by Gasteiger charge is 2.16. The van der Waals surface area contributed by atoms with Gasteiger partial charge in [-0.05, 0) is 20.0 Å². The van der Waals surface area contributed by atoms with Gasteiger partial charge in [-0.25, -0.2) is 9.50 Å². The van der Waals surface area contributed by atoms with Gasteiger partial charge in [0.05, 0.1) is 22.7 Å². The zero-order valence-electron chi connectivity index (χ0n) is 14.9. The summed E-state index contributed by atoms with van der Waals surface area (Å²) < 4.78 is 15.0. The maximum Gasteiger partial charge on any atom is 0.213 e. The Labute approximate surface area is 159 Å². The first-order valence-corrected chi connectivity index (χ1v) is 11.0. The molecule has 4 rings (SSSR count). The summed E-state index contributed by atoms with van der Waals surface area (Å²) in [5.41, 5.74) is 1.97. The van der Waals surface area contributed by atoms with E-state index in [0.717, 1.165) is 55.4 Å². The largest absolute Gasteiger partial charge is 0.304 e. The molecule has 0 N–H and O–H groups in total. The molecule has 1 saturated heterocycles. The Morgan fingerprint density at radius 3 is 2.65 bits per heavy atom. The van der Waals surface area contributed by atoms with Crippen LogP contribution in [0.4, 0.5) is 0 Å². The van der Waals surface area contributed by atoms with E-state index in [-0.39, 0.29) is 0 Å². The van der Waals surface area contributed by atoms with Crippen molar-refractivity contribution < 1.29 is 4.21 Å². The summed E-state index contributed by atoms with van der Waals surface area (Å²) in [7, 11) is 1.11.